The van der Waals surface area contributed by atoms with Gasteiger partial charge in [0.25, 0.3) is 0 Å². The first-order valence-electron chi connectivity index (χ1n) is 11.0. The molecule has 3 heterocycles. The molecular weight excluding hydrogens is 409 g/mol. The first kappa shape index (κ1) is 23.5. The highest BCUT2D eigenvalue weighted by molar-refractivity contribution is 5.80. The number of aromatic nitrogens is 2. The number of nitrogens with one attached hydrogen (secondary N) is 1. The molecule has 2 saturated heterocycles. The number of nitrogens with zero attached hydrogens (tertiary/aromatic N) is 7. The minimum absolute atomic E-state index is 0.384. The van der Waals surface area contributed by atoms with Crippen LogP contribution in [0.2, 0.25) is 0 Å². The van der Waals surface area contributed by atoms with Gasteiger partial charge in [0.05, 0.1) is 6.54 Å². The first-order valence-corrected chi connectivity index (χ1v) is 11.0. The second kappa shape index (κ2) is 10.9. The zero-order chi connectivity index (χ0) is 22.3. The molecule has 0 bridgehead atoms. The maximum Gasteiger partial charge on any atom is 0.403 e. The molecule has 31 heavy (non-hydrogen) atoms. The van der Waals surface area contributed by atoms with Crippen molar-refractivity contribution in [2.24, 2.45) is 4.99 Å². The molecule has 11 heteroatoms. The third-order valence-electron chi connectivity index (χ3n) is 5.86. The number of rotatable bonds is 6. The van der Waals surface area contributed by atoms with Gasteiger partial charge in [0.2, 0.25) is 5.95 Å². The van der Waals surface area contributed by atoms with Crippen LogP contribution in [-0.2, 0) is 0 Å². The molecule has 2 fully saturated rings. The molecule has 0 radical (unpaired) electrons. The molecule has 1 unspecified atom stereocenters. The van der Waals surface area contributed by atoms with Crippen LogP contribution in [0.1, 0.15) is 13.8 Å². The zero-order valence-electron chi connectivity index (χ0n) is 18.4. The highest BCUT2D eigenvalue weighted by Crippen LogP contribution is 2.25. The summed E-state index contributed by atoms with van der Waals surface area (Å²) in [6.45, 7) is 11.0. The van der Waals surface area contributed by atoms with E-state index in [-0.39, 0.29) is 0 Å². The number of alkyl halides is 3. The van der Waals surface area contributed by atoms with Gasteiger partial charge in [0.1, 0.15) is 6.04 Å². The van der Waals surface area contributed by atoms with Crippen LogP contribution in [0.4, 0.5) is 19.1 Å². The van der Waals surface area contributed by atoms with Crippen LogP contribution in [0.3, 0.4) is 0 Å². The fourth-order valence-electron chi connectivity index (χ4n) is 3.88. The standard InChI is InChI=1S/C20H33F3N8/c1-3-24-18(31-15-13-29(14-16-31)17(2)20(21,22)23)27-7-8-28-9-11-30(12-10-28)19-25-5-4-6-26-19/h4-6,17H,3,7-16H2,1-2H3,(H,24,27). The summed E-state index contributed by atoms with van der Waals surface area (Å²) in [4.78, 5) is 21.5. The lowest BCUT2D eigenvalue weighted by atomic mass is 10.2. The summed E-state index contributed by atoms with van der Waals surface area (Å²) in [6, 6.07) is 0.408. The summed E-state index contributed by atoms with van der Waals surface area (Å²) >= 11 is 0. The van der Waals surface area contributed by atoms with E-state index in [0.29, 0.717) is 32.7 Å². The van der Waals surface area contributed by atoms with E-state index >= 15 is 0 Å². The predicted octanol–water partition coefficient (Wildman–Crippen LogP) is 1.13. The molecule has 0 spiro atoms. The van der Waals surface area contributed by atoms with E-state index in [0.717, 1.165) is 51.2 Å². The lowest BCUT2D eigenvalue weighted by Crippen LogP contribution is -2.56. The van der Waals surface area contributed by atoms with Crippen LogP contribution in [0.25, 0.3) is 0 Å². The molecule has 1 N–H and O–H groups in total. The number of guanidine groups is 1. The van der Waals surface area contributed by atoms with Gasteiger partial charge in [-0.25, -0.2) is 9.97 Å². The summed E-state index contributed by atoms with van der Waals surface area (Å²) < 4.78 is 38.9. The summed E-state index contributed by atoms with van der Waals surface area (Å²) in [6.07, 6.45) is -0.665. The van der Waals surface area contributed by atoms with Gasteiger partial charge in [-0.05, 0) is 19.9 Å². The van der Waals surface area contributed by atoms with Gasteiger partial charge in [-0.1, -0.05) is 0 Å². The van der Waals surface area contributed by atoms with E-state index < -0.39 is 12.2 Å². The third-order valence-corrected chi connectivity index (χ3v) is 5.86. The topological polar surface area (TPSA) is 63.1 Å². The van der Waals surface area contributed by atoms with Crippen molar-refractivity contribution in [2.45, 2.75) is 26.1 Å². The Hall–Kier alpha value is -2.14. The fraction of sp³-hybridized carbons (Fsp3) is 0.750. The monoisotopic (exact) mass is 442 g/mol. The van der Waals surface area contributed by atoms with Gasteiger partial charge in [0, 0.05) is 77.8 Å². The van der Waals surface area contributed by atoms with Crippen LogP contribution in [0, 0.1) is 0 Å². The minimum atomic E-state index is -4.18. The Morgan fingerprint density at radius 3 is 2.29 bits per heavy atom. The smallest absolute Gasteiger partial charge is 0.357 e. The normalized spacial score (nSPS) is 20.7. The van der Waals surface area contributed by atoms with Crippen molar-refractivity contribution >= 4 is 11.9 Å². The van der Waals surface area contributed by atoms with E-state index in [1.54, 1.807) is 12.4 Å². The molecule has 0 aromatic carbocycles. The van der Waals surface area contributed by atoms with Gasteiger partial charge in [-0.15, -0.1) is 0 Å². The Morgan fingerprint density at radius 1 is 1.06 bits per heavy atom. The van der Waals surface area contributed by atoms with Crippen LogP contribution in [-0.4, -0.2) is 115 Å². The van der Waals surface area contributed by atoms with Crippen molar-refractivity contribution in [1.82, 2.24) is 30.0 Å². The van der Waals surface area contributed by atoms with E-state index in [2.05, 4.69) is 30.0 Å². The molecule has 2 aliphatic heterocycles. The lowest BCUT2D eigenvalue weighted by Gasteiger charge is -2.39. The maximum absolute atomic E-state index is 13.0. The number of hydrogen-bond acceptors (Lipinski definition) is 6. The van der Waals surface area contributed by atoms with Gasteiger partial charge in [0.15, 0.2) is 5.96 Å². The van der Waals surface area contributed by atoms with Gasteiger partial charge in [-0.2, -0.15) is 13.2 Å². The number of piperazine rings is 2. The van der Waals surface area contributed by atoms with E-state index in [1.807, 2.05) is 13.0 Å². The Kier molecular flexibility index (Phi) is 8.30. The molecule has 1 aromatic rings. The Labute approximate surface area is 182 Å². The molecule has 0 aliphatic carbocycles. The quantitative estimate of drug-likeness (QED) is 0.524. The molecular formula is C20H33F3N8. The average Bonchev–Trinajstić information content (AvgIpc) is 2.78. The largest absolute Gasteiger partial charge is 0.403 e. The van der Waals surface area contributed by atoms with Crippen molar-refractivity contribution in [3.8, 4) is 0 Å². The van der Waals surface area contributed by atoms with E-state index in [1.165, 1.54) is 11.8 Å². The summed E-state index contributed by atoms with van der Waals surface area (Å²) in [5, 5.41) is 3.28. The predicted molar refractivity (Wildman–Crippen MR) is 115 cm³/mol. The number of aliphatic imine (C=N–C) groups is 1. The first-order chi connectivity index (χ1) is 14.9. The summed E-state index contributed by atoms with van der Waals surface area (Å²) in [5.41, 5.74) is 0. The fourth-order valence-corrected chi connectivity index (χ4v) is 3.88. The number of anilines is 1. The van der Waals surface area contributed by atoms with Gasteiger partial charge < -0.3 is 15.1 Å². The van der Waals surface area contributed by atoms with Crippen LogP contribution >= 0.6 is 0 Å². The highest BCUT2D eigenvalue weighted by atomic mass is 19.4. The highest BCUT2D eigenvalue weighted by Gasteiger charge is 2.41. The van der Waals surface area contributed by atoms with Crippen molar-refractivity contribution in [1.29, 1.82) is 0 Å². The molecule has 0 amide bonds. The Bertz CT molecular complexity index is 683. The summed E-state index contributed by atoms with van der Waals surface area (Å²) in [5.74, 6) is 1.56. The SMILES string of the molecule is CCNC(=NCCN1CCN(c2ncccn2)CC1)N1CCN(C(C)C(F)(F)F)CC1. The molecule has 1 atom stereocenters. The average molecular weight is 443 g/mol. The Morgan fingerprint density at radius 2 is 1.71 bits per heavy atom. The zero-order valence-corrected chi connectivity index (χ0v) is 18.4. The van der Waals surface area contributed by atoms with Crippen molar-refractivity contribution < 1.29 is 13.2 Å². The second-order valence-corrected chi connectivity index (χ2v) is 7.85. The summed E-state index contributed by atoms with van der Waals surface area (Å²) in [7, 11) is 0. The van der Waals surface area contributed by atoms with Gasteiger partial charge in [-0.3, -0.25) is 14.8 Å². The number of halogens is 3. The second-order valence-electron chi connectivity index (χ2n) is 7.85. The molecule has 1 aromatic heterocycles. The van der Waals surface area contributed by atoms with Crippen LogP contribution < -0.4 is 10.2 Å². The van der Waals surface area contributed by atoms with Crippen LogP contribution in [0.15, 0.2) is 23.5 Å². The molecule has 174 valence electrons. The van der Waals surface area contributed by atoms with E-state index in [4.69, 9.17) is 4.99 Å². The number of hydrogen-bond donors (Lipinski definition) is 1. The van der Waals surface area contributed by atoms with E-state index in [9.17, 15) is 13.2 Å². The Balaban J connectivity index is 1.44. The lowest BCUT2D eigenvalue weighted by molar-refractivity contribution is -0.181. The van der Waals surface area contributed by atoms with Crippen molar-refractivity contribution in [2.75, 3.05) is 76.9 Å². The molecule has 3 rings (SSSR count). The van der Waals surface area contributed by atoms with Gasteiger partial charge >= 0.3 is 6.18 Å². The molecule has 8 nitrogen and oxygen atoms in total. The maximum atomic E-state index is 13.0. The van der Waals surface area contributed by atoms with Crippen molar-refractivity contribution in [3.63, 3.8) is 0 Å². The molecule has 0 saturated carbocycles. The molecule has 2 aliphatic rings. The third kappa shape index (κ3) is 6.67. The van der Waals surface area contributed by atoms with Crippen LogP contribution in [0.5, 0.6) is 0 Å². The van der Waals surface area contributed by atoms with Crippen molar-refractivity contribution in [3.05, 3.63) is 18.5 Å². The minimum Gasteiger partial charge on any atom is -0.357 e.